The van der Waals surface area contributed by atoms with Crippen LogP contribution in [0.5, 0.6) is 0 Å². The summed E-state index contributed by atoms with van der Waals surface area (Å²) in [5, 5.41) is 3.15. The number of H-pyrrole nitrogens is 1. The van der Waals surface area contributed by atoms with E-state index in [9.17, 15) is 4.79 Å². The SMILES string of the molecule is CCC(NC(=O)C1(CN)CCCCCC1)c1ncc[nH]1. The van der Waals surface area contributed by atoms with Gasteiger partial charge in [0.15, 0.2) is 0 Å². The van der Waals surface area contributed by atoms with E-state index >= 15 is 0 Å². The largest absolute Gasteiger partial charge is 0.347 e. The molecule has 2 rings (SSSR count). The summed E-state index contributed by atoms with van der Waals surface area (Å²) in [7, 11) is 0. The molecule has 1 amide bonds. The second-order valence-corrected chi connectivity index (χ2v) is 5.81. The normalized spacial score (nSPS) is 20.1. The number of nitrogens with one attached hydrogen (secondary N) is 2. The maximum absolute atomic E-state index is 12.7. The van der Waals surface area contributed by atoms with E-state index in [-0.39, 0.29) is 17.4 Å². The molecule has 5 nitrogen and oxygen atoms in total. The number of aromatic nitrogens is 2. The zero-order chi connectivity index (χ0) is 14.4. The van der Waals surface area contributed by atoms with Crippen molar-refractivity contribution in [2.24, 2.45) is 11.1 Å². The minimum atomic E-state index is -0.378. The second-order valence-electron chi connectivity index (χ2n) is 5.81. The number of nitrogens with two attached hydrogens (primary N) is 1. The molecule has 0 aromatic carbocycles. The number of hydrogen-bond acceptors (Lipinski definition) is 3. The van der Waals surface area contributed by atoms with Gasteiger partial charge in [0.25, 0.3) is 0 Å². The van der Waals surface area contributed by atoms with Gasteiger partial charge in [-0.1, -0.05) is 32.6 Å². The molecule has 5 heteroatoms. The average molecular weight is 278 g/mol. The highest BCUT2D eigenvalue weighted by Crippen LogP contribution is 2.35. The molecule has 1 saturated carbocycles. The highest BCUT2D eigenvalue weighted by atomic mass is 16.2. The summed E-state index contributed by atoms with van der Waals surface area (Å²) < 4.78 is 0. The molecule has 4 N–H and O–H groups in total. The van der Waals surface area contributed by atoms with Gasteiger partial charge in [-0.3, -0.25) is 4.79 Å². The van der Waals surface area contributed by atoms with Crippen molar-refractivity contribution in [2.45, 2.75) is 57.9 Å². The number of rotatable bonds is 5. The van der Waals surface area contributed by atoms with Crippen LogP contribution in [0.2, 0.25) is 0 Å². The Hall–Kier alpha value is -1.36. The first kappa shape index (κ1) is 15.0. The van der Waals surface area contributed by atoms with Crippen LogP contribution in [0, 0.1) is 5.41 Å². The number of nitrogens with zero attached hydrogens (tertiary/aromatic N) is 1. The lowest BCUT2D eigenvalue weighted by Crippen LogP contribution is -2.47. The molecule has 0 saturated heterocycles. The Labute approximate surface area is 120 Å². The molecule has 20 heavy (non-hydrogen) atoms. The van der Waals surface area contributed by atoms with Crippen LogP contribution >= 0.6 is 0 Å². The summed E-state index contributed by atoms with van der Waals surface area (Å²) in [5.74, 6) is 0.923. The fourth-order valence-electron chi connectivity index (χ4n) is 3.07. The molecular formula is C15H26N4O. The molecule has 1 aromatic rings. The summed E-state index contributed by atoms with van der Waals surface area (Å²) >= 11 is 0. The van der Waals surface area contributed by atoms with E-state index in [0.29, 0.717) is 6.54 Å². The van der Waals surface area contributed by atoms with Crippen molar-refractivity contribution in [1.82, 2.24) is 15.3 Å². The summed E-state index contributed by atoms with van der Waals surface area (Å²) in [4.78, 5) is 20.1. The Balaban J connectivity index is 2.08. The van der Waals surface area contributed by atoms with E-state index in [1.165, 1.54) is 12.8 Å². The van der Waals surface area contributed by atoms with Crippen LogP contribution in [0.15, 0.2) is 12.4 Å². The molecule has 1 unspecified atom stereocenters. The van der Waals surface area contributed by atoms with E-state index in [1.54, 1.807) is 12.4 Å². The number of imidazole rings is 1. The second kappa shape index (κ2) is 6.88. The van der Waals surface area contributed by atoms with Gasteiger partial charge in [-0.2, -0.15) is 0 Å². The van der Waals surface area contributed by atoms with Crippen LogP contribution in [-0.2, 0) is 4.79 Å². The Kier molecular flexibility index (Phi) is 5.17. The molecule has 0 radical (unpaired) electrons. The van der Waals surface area contributed by atoms with E-state index in [4.69, 9.17) is 5.73 Å². The van der Waals surface area contributed by atoms with Crippen molar-refractivity contribution in [2.75, 3.05) is 6.54 Å². The first-order chi connectivity index (χ1) is 9.72. The molecule has 1 atom stereocenters. The predicted octanol–water partition coefficient (Wildman–Crippen LogP) is 2.28. The van der Waals surface area contributed by atoms with Crippen molar-refractivity contribution < 1.29 is 4.79 Å². The van der Waals surface area contributed by atoms with Gasteiger partial charge in [-0.05, 0) is 19.3 Å². The van der Waals surface area contributed by atoms with Crippen LogP contribution in [-0.4, -0.2) is 22.4 Å². The van der Waals surface area contributed by atoms with Gasteiger partial charge in [-0.15, -0.1) is 0 Å². The van der Waals surface area contributed by atoms with Gasteiger partial charge in [0, 0.05) is 18.9 Å². The van der Waals surface area contributed by atoms with Gasteiger partial charge >= 0.3 is 0 Å². The van der Waals surface area contributed by atoms with Crippen LogP contribution in [0.1, 0.15) is 63.7 Å². The summed E-state index contributed by atoms with van der Waals surface area (Å²) in [6.45, 7) is 2.49. The highest BCUT2D eigenvalue weighted by Gasteiger charge is 2.38. The Morgan fingerprint density at radius 2 is 2.15 bits per heavy atom. The Bertz CT molecular complexity index is 408. The zero-order valence-electron chi connectivity index (χ0n) is 12.3. The molecule has 1 aliphatic carbocycles. The van der Waals surface area contributed by atoms with Crippen molar-refractivity contribution >= 4 is 5.91 Å². The molecule has 0 spiro atoms. The lowest BCUT2D eigenvalue weighted by atomic mass is 9.79. The molecule has 1 aliphatic rings. The number of carbonyl (C=O) groups excluding carboxylic acids is 1. The summed E-state index contributed by atoms with van der Waals surface area (Å²) in [6.07, 6.45) is 10.8. The molecule has 1 aromatic heterocycles. The third-order valence-electron chi connectivity index (χ3n) is 4.50. The van der Waals surface area contributed by atoms with Gasteiger partial charge < -0.3 is 16.0 Å². The number of hydrogen-bond donors (Lipinski definition) is 3. The quantitative estimate of drug-likeness (QED) is 0.722. The van der Waals surface area contributed by atoms with Crippen molar-refractivity contribution in [3.63, 3.8) is 0 Å². The van der Waals surface area contributed by atoms with E-state index < -0.39 is 0 Å². The fraction of sp³-hybridized carbons (Fsp3) is 0.733. The van der Waals surface area contributed by atoms with Gasteiger partial charge in [0.2, 0.25) is 5.91 Å². The zero-order valence-corrected chi connectivity index (χ0v) is 12.3. The van der Waals surface area contributed by atoms with Gasteiger partial charge in [0.05, 0.1) is 11.5 Å². The third kappa shape index (κ3) is 3.20. The molecule has 0 aliphatic heterocycles. The molecule has 1 heterocycles. The summed E-state index contributed by atoms with van der Waals surface area (Å²) in [6, 6.07) is -0.0517. The first-order valence-corrected chi connectivity index (χ1v) is 7.72. The van der Waals surface area contributed by atoms with Crippen LogP contribution in [0.4, 0.5) is 0 Å². The number of carbonyl (C=O) groups is 1. The number of aromatic amines is 1. The summed E-state index contributed by atoms with van der Waals surface area (Å²) in [5.41, 5.74) is 5.58. The Morgan fingerprint density at radius 3 is 2.65 bits per heavy atom. The minimum Gasteiger partial charge on any atom is -0.347 e. The molecule has 0 bridgehead atoms. The van der Waals surface area contributed by atoms with Crippen LogP contribution < -0.4 is 11.1 Å². The first-order valence-electron chi connectivity index (χ1n) is 7.72. The number of amides is 1. The third-order valence-corrected chi connectivity index (χ3v) is 4.50. The van der Waals surface area contributed by atoms with E-state index in [1.807, 2.05) is 0 Å². The van der Waals surface area contributed by atoms with Crippen LogP contribution in [0.25, 0.3) is 0 Å². The standard InChI is InChI=1S/C15H26N4O/c1-2-12(13-17-9-10-18-13)19-14(20)15(11-16)7-5-3-4-6-8-15/h9-10,12H,2-8,11,16H2,1H3,(H,17,18)(H,19,20). The van der Waals surface area contributed by atoms with Gasteiger partial charge in [-0.25, -0.2) is 4.98 Å². The molecule has 1 fully saturated rings. The molecular weight excluding hydrogens is 252 g/mol. The van der Waals surface area contributed by atoms with Crippen LogP contribution in [0.3, 0.4) is 0 Å². The minimum absolute atomic E-state index is 0.0517. The maximum atomic E-state index is 12.7. The molecule has 112 valence electrons. The van der Waals surface area contributed by atoms with Gasteiger partial charge in [0.1, 0.15) is 5.82 Å². The smallest absolute Gasteiger partial charge is 0.228 e. The fourth-order valence-corrected chi connectivity index (χ4v) is 3.07. The highest BCUT2D eigenvalue weighted by molar-refractivity contribution is 5.83. The predicted molar refractivity (Wildman–Crippen MR) is 79.0 cm³/mol. The lowest BCUT2D eigenvalue weighted by Gasteiger charge is -2.31. The van der Waals surface area contributed by atoms with E-state index in [0.717, 1.165) is 37.9 Å². The Morgan fingerprint density at radius 1 is 1.45 bits per heavy atom. The lowest BCUT2D eigenvalue weighted by molar-refractivity contribution is -0.132. The van der Waals surface area contributed by atoms with E-state index in [2.05, 4.69) is 22.2 Å². The maximum Gasteiger partial charge on any atom is 0.228 e. The van der Waals surface area contributed by atoms with Crippen molar-refractivity contribution in [3.8, 4) is 0 Å². The van der Waals surface area contributed by atoms with Crippen molar-refractivity contribution in [3.05, 3.63) is 18.2 Å². The monoisotopic (exact) mass is 278 g/mol. The topological polar surface area (TPSA) is 83.8 Å². The average Bonchev–Trinajstić information content (AvgIpc) is 2.89. The van der Waals surface area contributed by atoms with Crippen molar-refractivity contribution in [1.29, 1.82) is 0 Å².